The molecular formula is C29H29OSi. The minimum absolute atomic E-state index is 0.473. The van der Waals surface area contributed by atoms with Crippen molar-refractivity contribution in [3.63, 3.8) is 0 Å². The zero-order valence-electron chi connectivity index (χ0n) is 17.9. The van der Waals surface area contributed by atoms with E-state index in [0.29, 0.717) is 12.5 Å². The van der Waals surface area contributed by atoms with E-state index in [-0.39, 0.29) is 0 Å². The fourth-order valence-electron chi connectivity index (χ4n) is 4.02. The van der Waals surface area contributed by atoms with Gasteiger partial charge in [0.25, 0.3) is 0 Å². The van der Waals surface area contributed by atoms with E-state index in [9.17, 15) is 0 Å². The van der Waals surface area contributed by atoms with Gasteiger partial charge < -0.3 is 4.74 Å². The normalized spacial score (nSPS) is 12.0. The van der Waals surface area contributed by atoms with Crippen molar-refractivity contribution in [2.45, 2.75) is 19.1 Å². The van der Waals surface area contributed by atoms with Crippen LogP contribution in [0.2, 0.25) is 6.04 Å². The molecule has 1 nitrogen and oxygen atoms in total. The Kier molecular flexibility index (Phi) is 7.86. The van der Waals surface area contributed by atoms with Gasteiger partial charge in [0.15, 0.2) is 0 Å². The highest BCUT2D eigenvalue weighted by atomic mass is 28.3. The van der Waals surface area contributed by atoms with Crippen LogP contribution in [0.5, 0.6) is 0 Å². The average molecular weight is 422 g/mol. The van der Waals surface area contributed by atoms with Crippen LogP contribution in [-0.2, 0) is 17.8 Å². The Labute approximate surface area is 188 Å². The molecule has 155 valence electrons. The highest BCUT2D eigenvalue weighted by Crippen LogP contribution is 2.17. The molecule has 4 aromatic carbocycles. The molecule has 0 saturated heterocycles. The Bertz CT molecular complexity index is 964. The lowest BCUT2D eigenvalue weighted by molar-refractivity contribution is 0.0921. The Hall–Kier alpha value is -2.94. The summed E-state index contributed by atoms with van der Waals surface area (Å²) in [5.41, 5.74) is 2.62. The maximum Gasteiger partial charge on any atom is 0.121 e. The van der Waals surface area contributed by atoms with Crippen molar-refractivity contribution in [2.24, 2.45) is 5.92 Å². The van der Waals surface area contributed by atoms with E-state index in [1.165, 1.54) is 21.5 Å². The van der Waals surface area contributed by atoms with Gasteiger partial charge in [-0.15, -0.1) is 0 Å². The third kappa shape index (κ3) is 6.52. The zero-order valence-corrected chi connectivity index (χ0v) is 18.9. The van der Waals surface area contributed by atoms with Crippen molar-refractivity contribution < 1.29 is 4.74 Å². The predicted molar refractivity (Wildman–Crippen MR) is 132 cm³/mol. The molecule has 0 aliphatic rings. The Balaban J connectivity index is 1.53. The summed E-state index contributed by atoms with van der Waals surface area (Å²) >= 11 is 0. The molecule has 0 aromatic heterocycles. The number of ether oxygens (including phenoxy) is 1. The summed E-state index contributed by atoms with van der Waals surface area (Å²) in [7, 11) is -0.892. The van der Waals surface area contributed by atoms with Crippen molar-refractivity contribution in [3.05, 3.63) is 132 Å². The third-order valence-corrected chi connectivity index (χ3v) is 8.62. The fraction of sp³-hybridized carbons (Fsp3) is 0.172. The maximum atomic E-state index is 6.24. The van der Waals surface area contributed by atoms with Gasteiger partial charge in [0.2, 0.25) is 0 Å². The van der Waals surface area contributed by atoms with Crippen LogP contribution < -0.4 is 10.4 Å². The van der Waals surface area contributed by atoms with Crippen LogP contribution in [0.25, 0.3) is 0 Å². The summed E-state index contributed by atoms with van der Waals surface area (Å²) < 4.78 is 6.24. The first-order valence-corrected chi connectivity index (χ1v) is 12.7. The van der Waals surface area contributed by atoms with Crippen LogP contribution in [0.15, 0.2) is 121 Å². The highest BCUT2D eigenvalue weighted by molar-refractivity contribution is 6.85. The topological polar surface area (TPSA) is 9.23 Å². The molecule has 0 saturated carbocycles. The highest BCUT2D eigenvalue weighted by Gasteiger charge is 2.22. The first-order chi connectivity index (χ1) is 15.4. The van der Waals surface area contributed by atoms with E-state index in [4.69, 9.17) is 4.74 Å². The van der Waals surface area contributed by atoms with E-state index in [0.717, 1.165) is 19.1 Å². The average Bonchev–Trinajstić information content (AvgIpc) is 2.85. The molecular weight excluding hydrogens is 392 g/mol. The first-order valence-electron chi connectivity index (χ1n) is 11.0. The lowest BCUT2D eigenvalue weighted by Crippen LogP contribution is -2.44. The van der Waals surface area contributed by atoms with Gasteiger partial charge in [0.1, 0.15) is 8.80 Å². The Morgan fingerprint density at radius 1 is 0.548 bits per heavy atom. The van der Waals surface area contributed by atoms with Crippen LogP contribution in [0.3, 0.4) is 0 Å². The van der Waals surface area contributed by atoms with E-state index in [1.807, 2.05) is 0 Å². The molecule has 4 rings (SSSR count). The van der Waals surface area contributed by atoms with Crippen LogP contribution in [0, 0.1) is 5.92 Å². The van der Waals surface area contributed by atoms with Gasteiger partial charge in [0, 0.05) is 6.61 Å². The number of benzene rings is 4. The number of rotatable bonds is 10. The monoisotopic (exact) mass is 421 g/mol. The summed E-state index contributed by atoms with van der Waals surface area (Å²) in [5, 5.41) is 2.94. The quantitative estimate of drug-likeness (QED) is 0.313. The molecule has 0 amide bonds. The van der Waals surface area contributed by atoms with Crippen LogP contribution in [-0.4, -0.2) is 15.4 Å². The molecule has 0 aliphatic carbocycles. The van der Waals surface area contributed by atoms with Crippen molar-refractivity contribution in [1.29, 1.82) is 0 Å². The van der Waals surface area contributed by atoms with Gasteiger partial charge in [-0.2, -0.15) is 0 Å². The minimum atomic E-state index is -0.892. The Morgan fingerprint density at radius 3 is 1.52 bits per heavy atom. The molecule has 31 heavy (non-hydrogen) atoms. The SMILES string of the molecule is c1ccc(COCC(Cc2ccccc2)C[Si](c2ccccc2)c2ccccc2)cc1. The third-order valence-electron chi connectivity index (χ3n) is 5.57. The van der Waals surface area contributed by atoms with Crippen LogP contribution in [0.1, 0.15) is 11.1 Å². The summed E-state index contributed by atoms with van der Waals surface area (Å²) in [6, 6.07) is 44.5. The van der Waals surface area contributed by atoms with Crippen molar-refractivity contribution in [2.75, 3.05) is 6.61 Å². The molecule has 0 fully saturated rings. The van der Waals surface area contributed by atoms with Gasteiger partial charge in [-0.3, -0.25) is 0 Å². The molecule has 2 heteroatoms. The van der Waals surface area contributed by atoms with E-state index >= 15 is 0 Å². The molecule has 1 unspecified atom stereocenters. The standard InChI is InChI=1S/C29H29OSi/c1-5-13-25(14-6-1)21-27(23-30-22-26-15-7-2-8-16-26)24-31(28-17-9-3-10-18-28)29-19-11-4-12-20-29/h1-20,27H,21-24H2. The van der Waals surface area contributed by atoms with Crippen molar-refractivity contribution in [1.82, 2.24) is 0 Å². The van der Waals surface area contributed by atoms with E-state index in [2.05, 4.69) is 121 Å². The molecule has 1 radical (unpaired) electrons. The van der Waals surface area contributed by atoms with Crippen molar-refractivity contribution in [3.8, 4) is 0 Å². The molecule has 0 heterocycles. The van der Waals surface area contributed by atoms with Gasteiger partial charge >= 0.3 is 0 Å². The molecule has 0 bridgehead atoms. The molecule has 1 atom stereocenters. The Morgan fingerprint density at radius 2 is 1.00 bits per heavy atom. The first kappa shape index (κ1) is 21.3. The van der Waals surface area contributed by atoms with Gasteiger partial charge in [0.05, 0.1) is 6.61 Å². The van der Waals surface area contributed by atoms with E-state index in [1.54, 1.807) is 0 Å². The van der Waals surface area contributed by atoms with Gasteiger partial charge in [-0.05, 0) is 29.5 Å². The number of hydrogen-bond acceptors (Lipinski definition) is 1. The fourth-order valence-corrected chi connectivity index (χ4v) is 6.86. The van der Waals surface area contributed by atoms with Gasteiger partial charge in [-0.25, -0.2) is 0 Å². The summed E-state index contributed by atoms with van der Waals surface area (Å²) in [6.45, 7) is 1.45. The summed E-state index contributed by atoms with van der Waals surface area (Å²) in [4.78, 5) is 0. The lowest BCUT2D eigenvalue weighted by atomic mass is 10.0. The zero-order chi connectivity index (χ0) is 21.1. The number of hydrogen-bond donors (Lipinski definition) is 0. The molecule has 0 aliphatic heterocycles. The molecule has 0 N–H and O–H groups in total. The molecule has 4 aromatic rings. The summed E-state index contributed by atoms with van der Waals surface area (Å²) in [6.07, 6.45) is 1.05. The van der Waals surface area contributed by atoms with Gasteiger partial charge in [-0.1, -0.05) is 132 Å². The van der Waals surface area contributed by atoms with Crippen LogP contribution >= 0.6 is 0 Å². The lowest BCUT2D eigenvalue weighted by Gasteiger charge is -2.23. The largest absolute Gasteiger partial charge is 0.376 e. The second kappa shape index (κ2) is 11.4. The second-order valence-corrected chi connectivity index (χ2v) is 10.5. The van der Waals surface area contributed by atoms with E-state index < -0.39 is 8.80 Å². The summed E-state index contributed by atoms with van der Waals surface area (Å²) in [5.74, 6) is 0.473. The maximum absolute atomic E-state index is 6.24. The molecule has 0 spiro atoms. The predicted octanol–water partition coefficient (Wildman–Crippen LogP) is 5.37. The second-order valence-electron chi connectivity index (χ2n) is 7.97. The smallest absolute Gasteiger partial charge is 0.121 e. The minimum Gasteiger partial charge on any atom is -0.376 e. The van der Waals surface area contributed by atoms with Crippen LogP contribution in [0.4, 0.5) is 0 Å². The van der Waals surface area contributed by atoms with Crippen molar-refractivity contribution >= 4 is 19.2 Å².